The van der Waals surface area contributed by atoms with E-state index in [1.54, 1.807) is 23.6 Å². The zero-order chi connectivity index (χ0) is 22.2. The normalized spacial score (nSPS) is 15.4. The molecule has 1 N–H and O–H groups in total. The molecule has 0 amide bonds. The average molecular weight is 443 g/mol. The molecule has 32 heavy (non-hydrogen) atoms. The molecule has 8 heteroatoms. The zero-order valence-electron chi connectivity index (χ0n) is 16.8. The Balaban J connectivity index is 1.49. The molecule has 0 radical (unpaired) electrons. The van der Waals surface area contributed by atoms with Gasteiger partial charge in [-0.05, 0) is 24.0 Å². The molecular formula is C24H17N3O4S. The number of carbonyl (C=O) groups is 1. The summed E-state index contributed by atoms with van der Waals surface area (Å²) in [4.78, 5) is 43.7. The third-order valence-electron chi connectivity index (χ3n) is 5.66. The molecule has 5 rings (SSSR count). The second kappa shape index (κ2) is 7.97. The minimum Gasteiger partial charge on any atom is -0.325 e. The lowest BCUT2D eigenvalue weighted by Crippen LogP contribution is -2.24. The zero-order valence-corrected chi connectivity index (χ0v) is 17.6. The third kappa shape index (κ3) is 3.65. The molecule has 0 bridgehead atoms. The van der Waals surface area contributed by atoms with Gasteiger partial charge in [-0.1, -0.05) is 42.5 Å². The Kier molecular flexibility index (Phi) is 4.99. The van der Waals surface area contributed by atoms with Crippen LogP contribution in [0.15, 0.2) is 70.8 Å². The quantitative estimate of drug-likeness (QED) is 0.353. The highest BCUT2D eigenvalue weighted by molar-refractivity contribution is 7.13. The number of thiazole rings is 1. The van der Waals surface area contributed by atoms with Gasteiger partial charge in [-0.2, -0.15) is 0 Å². The van der Waals surface area contributed by atoms with E-state index in [1.807, 2.05) is 30.3 Å². The van der Waals surface area contributed by atoms with Crippen molar-refractivity contribution in [3.8, 4) is 21.8 Å². The molecule has 0 fully saturated rings. The number of non-ortho nitro benzene ring substituents is 1. The summed E-state index contributed by atoms with van der Waals surface area (Å²) in [7, 11) is 0. The van der Waals surface area contributed by atoms with Crippen LogP contribution >= 0.6 is 11.3 Å². The van der Waals surface area contributed by atoms with E-state index >= 15 is 0 Å². The van der Waals surface area contributed by atoms with Crippen molar-refractivity contribution in [1.82, 2.24) is 9.97 Å². The van der Waals surface area contributed by atoms with Gasteiger partial charge in [0.2, 0.25) is 0 Å². The van der Waals surface area contributed by atoms with Crippen molar-refractivity contribution >= 4 is 22.8 Å². The van der Waals surface area contributed by atoms with Crippen LogP contribution < -0.4 is 5.56 Å². The number of nitro benzene ring substituents is 1. The number of nitrogens with zero attached hydrogens (tertiary/aromatic N) is 2. The SMILES string of the molecule is O=C1CC(c2ccccc2)Cc2[nH]c(=O)c(-c3nc(-c4cccc([N+](=O)[O-])c4)cs3)cc21. The number of nitro groups is 1. The number of pyridine rings is 1. The van der Waals surface area contributed by atoms with Crippen LogP contribution in [0, 0.1) is 10.1 Å². The molecule has 7 nitrogen and oxygen atoms in total. The Morgan fingerprint density at radius 2 is 1.81 bits per heavy atom. The number of hydrogen-bond donors (Lipinski definition) is 1. The first-order valence-corrected chi connectivity index (χ1v) is 10.9. The summed E-state index contributed by atoms with van der Waals surface area (Å²) < 4.78 is 0. The van der Waals surface area contributed by atoms with Gasteiger partial charge >= 0.3 is 0 Å². The second-order valence-electron chi connectivity index (χ2n) is 7.69. The summed E-state index contributed by atoms with van der Waals surface area (Å²) in [5.41, 5.74) is 3.40. The Morgan fingerprint density at radius 3 is 2.59 bits per heavy atom. The van der Waals surface area contributed by atoms with Crippen molar-refractivity contribution in [2.24, 2.45) is 0 Å². The summed E-state index contributed by atoms with van der Waals surface area (Å²) in [6, 6.07) is 17.7. The van der Waals surface area contributed by atoms with Gasteiger partial charge in [0.15, 0.2) is 5.78 Å². The number of nitrogens with one attached hydrogen (secondary N) is 1. The minimum absolute atomic E-state index is 0.00642. The molecule has 2 aromatic heterocycles. The maximum absolute atomic E-state index is 12.9. The van der Waals surface area contributed by atoms with E-state index in [0.717, 1.165) is 5.56 Å². The molecule has 158 valence electrons. The van der Waals surface area contributed by atoms with Crippen LogP contribution in [0.2, 0.25) is 0 Å². The Hall–Kier alpha value is -3.91. The number of benzene rings is 2. The molecule has 0 spiro atoms. The molecule has 0 aliphatic heterocycles. The van der Waals surface area contributed by atoms with E-state index in [0.29, 0.717) is 45.9 Å². The van der Waals surface area contributed by atoms with E-state index in [9.17, 15) is 19.7 Å². The number of carbonyl (C=O) groups excluding carboxylic acids is 1. The summed E-state index contributed by atoms with van der Waals surface area (Å²) in [6.45, 7) is 0. The molecule has 0 saturated heterocycles. The smallest absolute Gasteiger partial charge is 0.270 e. The molecule has 0 saturated carbocycles. The van der Waals surface area contributed by atoms with E-state index in [2.05, 4.69) is 9.97 Å². The van der Waals surface area contributed by atoms with Crippen molar-refractivity contribution < 1.29 is 9.72 Å². The number of ketones is 1. The highest BCUT2D eigenvalue weighted by Gasteiger charge is 2.28. The van der Waals surface area contributed by atoms with Gasteiger partial charge in [-0.3, -0.25) is 19.7 Å². The van der Waals surface area contributed by atoms with Crippen molar-refractivity contribution in [3.63, 3.8) is 0 Å². The Bertz CT molecular complexity index is 1410. The Morgan fingerprint density at radius 1 is 1.00 bits per heavy atom. The first-order chi connectivity index (χ1) is 15.5. The van der Waals surface area contributed by atoms with Gasteiger partial charge in [0.25, 0.3) is 11.2 Å². The van der Waals surface area contributed by atoms with Crippen molar-refractivity contribution in [3.05, 3.63) is 103 Å². The van der Waals surface area contributed by atoms with Gasteiger partial charge in [0.05, 0.1) is 16.2 Å². The predicted octanol–water partition coefficient (Wildman–Crippen LogP) is 4.99. The largest absolute Gasteiger partial charge is 0.325 e. The van der Waals surface area contributed by atoms with Crippen LogP contribution in [0.5, 0.6) is 0 Å². The fourth-order valence-electron chi connectivity index (χ4n) is 4.06. The fraction of sp³-hybridized carbons (Fsp3) is 0.125. The van der Waals surface area contributed by atoms with Gasteiger partial charge in [-0.15, -0.1) is 11.3 Å². The molecule has 1 unspecified atom stereocenters. The number of hydrogen-bond acceptors (Lipinski definition) is 6. The molecule has 4 aromatic rings. The van der Waals surface area contributed by atoms with Crippen molar-refractivity contribution in [1.29, 1.82) is 0 Å². The van der Waals surface area contributed by atoms with E-state index < -0.39 is 4.92 Å². The summed E-state index contributed by atoms with van der Waals surface area (Å²) in [6.07, 6.45) is 0.983. The van der Waals surface area contributed by atoms with Crippen LogP contribution in [0.25, 0.3) is 21.8 Å². The third-order valence-corrected chi connectivity index (χ3v) is 6.54. The van der Waals surface area contributed by atoms with Gasteiger partial charge in [-0.25, -0.2) is 4.98 Å². The number of Topliss-reactive ketones (excluding diaryl/α,β-unsaturated/α-hetero) is 1. The predicted molar refractivity (Wildman–Crippen MR) is 122 cm³/mol. The summed E-state index contributed by atoms with van der Waals surface area (Å²) in [5.74, 6) is 0.0334. The maximum Gasteiger partial charge on any atom is 0.270 e. The van der Waals surface area contributed by atoms with E-state index in [4.69, 9.17) is 0 Å². The highest BCUT2D eigenvalue weighted by atomic mass is 32.1. The number of aromatic nitrogens is 2. The number of fused-ring (bicyclic) bond motifs is 1. The molecule has 1 aliphatic rings. The van der Waals surface area contributed by atoms with Crippen LogP contribution in [0.3, 0.4) is 0 Å². The second-order valence-corrected chi connectivity index (χ2v) is 8.55. The Labute approximate surface area is 186 Å². The monoisotopic (exact) mass is 443 g/mol. The van der Waals surface area contributed by atoms with Gasteiger partial charge in [0.1, 0.15) is 5.01 Å². The molecule has 1 atom stereocenters. The maximum atomic E-state index is 12.9. The fourth-order valence-corrected chi connectivity index (χ4v) is 4.90. The average Bonchev–Trinajstić information content (AvgIpc) is 3.29. The first-order valence-electron chi connectivity index (χ1n) is 10.0. The van der Waals surface area contributed by atoms with Crippen LogP contribution in [0.1, 0.15) is 34.0 Å². The van der Waals surface area contributed by atoms with E-state index in [1.165, 1.54) is 23.5 Å². The number of rotatable bonds is 4. The van der Waals surface area contributed by atoms with Gasteiger partial charge in [0, 0.05) is 40.8 Å². The standard InChI is InChI=1S/C24H17N3O4S/c28-22-11-16(14-5-2-1-3-6-14)10-20-18(22)12-19(23(29)25-20)24-26-21(13-32-24)15-7-4-8-17(9-15)27(30)31/h1-9,12-13,16H,10-11H2,(H,25,29). The van der Waals surface area contributed by atoms with Crippen LogP contribution in [-0.4, -0.2) is 20.7 Å². The summed E-state index contributed by atoms with van der Waals surface area (Å²) >= 11 is 1.26. The topological polar surface area (TPSA) is 106 Å². The lowest BCUT2D eigenvalue weighted by molar-refractivity contribution is -0.384. The molecule has 1 aliphatic carbocycles. The highest BCUT2D eigenvalue weighted by Crippen LogP contribution is 2.34. The van der Waals surface area contributed by atoms with Crippen molar-refractivity contribution in [2.45, 2.75) is 18.8 Å². The molecular weight excluding hydrogens is 426 g/mol. The van der Waals surface area contributed by atoms with Crippen molar-refractivity contribution in [2.75, 3.05) is 0 Å². The van der Waals surface area contributed by atoms with E-state index in [-0.39, 0.29) is 22.9 Å². The first kappa shape index (κ1) is 20.0. The lowest BCUT2D eigenvalue weighted by atomic mass is 9.81. The van der Waals surface area contributed by atoms with Gasteiger partial charge < -0.3 is 4.98 Å². The van der Waals surface area contributed by atoms with Crippen LogP contribution in [-0.2, 0) is 6.42 Å². The number of H-pyrrole nitrogens is 1. The number of aromatic amines is 1. The summed E-state index contributed by atoms with van der Waals surface area (Å²) in [5, 5.41) is 13.3. The minimum atomic E-state index is -0.459. The molecule has 2 heterocycles. The molecule has 2 aromatic carbocycles. The van der Waals surface area contributed by atoms with Crippen LogP contribution in [0.4, 0.5) is 5.69 Å². The lowest BCUT2D eigenvalue weighted by Gasteiger charge is -2.24.